The maximum atomic E-state index is 12.4. The number of aryl methyl sites for hydroxylation is 1. The molecule has 12 nitrogen and oxygen atoms in total. The van der Waals surface area contributed by atoms with E-state index in [1.165, 1.54) is 6.08 Å². The van der Waals surface area contributed by atoms with Crippen LogP contribution in [0.1, 0.15) is 43.9 Å². The number of anilines is 4. The number of amides is 3. The molecule has 0 aliphatic carbocycles. The maximum Gasteiger partial charge on any atom is 0.410 e. The van der Waals surface area contributed by atoms with Gasteiger partial charge < -0.3 is 35.6 Å². The van der Waals surface area contributed by atoms with Gasteiger partial charge in [0.2, 0.25) is 11.8 Å². The van der Waals surface area contributed by atoms with E-state index < -0.39 is 11.5 Å². The number of nitrogens with two attached hydrogens (primary N) is 1. The topological polar surface area (TPSA) is 152 Å². The molecular weight excluding hydrogens is 550 g/mol. The molecule has 3 aromatic rings. The first kappa shape index (κ1) is 30.8. The van der Waals surface area contributed by atoms with E-state index in [-0.39, 0.29) is 29.4 Å². The van der Waals surface area contributed by atoms with Gasteiger partial charge in [-0.05, 0) is 69.7 Å². The second kappa shape index (κ2) is 13.2. The molecule has 4 N–H and O–H groups in total. The molecule has 0 unspecified atom stereocenters. The van der Waals surface area contributed by atoms with Crippen molar-refractivity contribution in [3.05, 3.63) is 72.6 Å². The van der Waals surface area contributed by atoms with Crippen LogP contribution < -0.4 is 26.0 Å². The van der Waals surface area contributed by atoms with Gasteiger partial charge in [0, 0.05) is 49.3 Å². The fourth-order valence-corrected chi connectivity index (χ4v) is 4.33. The van der Waals surface area contributed by atoms with E-state index in [0.717, 1.165) is 5.69 Å². The van der Waals surface area contributed by atoms with E-state index in [1.54, 1.807) is 29.2 Å². The van der Waals surface area contributed by atoms with Crippen LogP contribution in [0.15, 0.2) is 61.2 Å². The number of piperazine rings is 1. The van der Waals surface area contributed by atoms with Gasteiger partial charge in [-0.3, -0.25) is 9.59 Å². The lowest BCUT2D eigenvalue weighted by atomic mass is 10.2. The fourth-order valence-electron chi connectivity index (χ4n) is 4.33. The number of benzene rings is 2. The highest BCUT2D eigenvalue weighted by Crippen LogP contribution is 2.30. The van der Waals surface area contributed by atoms with Crippen LogP contribution in [0.2, 0.25) is 0 Å². The minimum Gasteiger partial charge on any atom is -0.444 e. The van der Waals surface area contributed by atoms with Crippen molar-refractivity contribution in [3.63, 3.8) is 0 Å². The van der Waals surface area contributed by atoms with E-state index in [4.69, 9.17) is 15.2 Å². The Kier molecular flexibility index (Phi) is 9.49. The molecule has 43 heavy (non-hydrogen) atoms. The number of nitrogens with one attached hydrogen (secondary N) is 2. The smallest absolute Gasteiger partial charge is 0.410 e. The van der Waals surface area contributed by atoms with Gasteiger partial charge in [0.15, 0.2) is 11.5 Å². The second-order valence-electron chi connectivity index (χ2n) is 10.8. The zero-order chi connectivity index (χ0) is 31.1. The lowest BCUT2D eigenvalue weighted by Crippen LogP contribution is -2.50. The van der Waals surface area contributed by atoms with Crippen LogP contribution in [0.3, 0.4) is 0 Å². The molecule has 0 radical (unpaired) electrons. The van der Waals surface area contributed by atoms with Crippen molar-refractivity contribution in [2.45, 2.75) is 39.7 Å². The van der Waals surface area contributed by atoms with Crippen LogP contribution in [0, 0.1) is 0 Å². The Balaban J connectivity index is 1.49. The minimum absolute atomic E-state index is 0.0152. The third-order valence-electron chi connectivity index (χ3n) is 6.43. The molecule has 226 valence electrons. The van der Waals surface area contributed by atoms with Gasteiger partial charge in [-0.25, -0.2) is 9.78 Å². The predicted octanol–water partition coefficient (Wildman–Crippen LogP) is 4.86. The first-order valence-corrected chi connectivity index (χ1v) is 14.0. The zero-order valence-corrected chi connectivity index (χ0v) is 24.8. The van der Waals surface area contributed by atoms with Crippen LogP contribution in [-0.4, -0.2) is 64.6 Å². The molecular formula is C31H37N7O5. The van der Waals surface area contributed by atoms with Gasteiger partial charge in [0.1, 0.15) is 17.0 Å². The summed E-state index contributed by atoms with van der Waals surface area (Å²) in [5, 5.41) is 5.82. The van der Waals surface area contributed by atoms with Crippen molar-refractivity contribution in [2.75, 3.05) is 41.7 Å². The average molecular weight is 588 g/mol. The first-order valence-electron chi connectivity index (χ1n) is 14.0. The number of carbonyl (C=O) groups excluding carboxylic acids is 3. The number of hydrogen-bond donors (Lipinski definition) is 3. The summed E-state index contributed by atoms with van der Waals surface area (Å²) in [4.78, 5) is 49.3. The van der Waals surface area contributed by atoms with Crippen molar-refractivity contribution in [1.82, 2.24) is 14.9 Å². The Morgan fingerprint density at radius 2 is 1.72 bits per heavy atom. The fraction of sp³-hybridized carbons (Fsp3) is 0.323. The van der Waals surface area contributed by atoms with Crippen molar-refractivity contribution >= 4 is 40.8 Å². The summed E-state index contributed by atoms with van der Waals surface area (Å²) in [6.45, 7) is 13.3. The summed E-state index contributed by atoms with van der Waals surface area (Å²) in [5.41, 5.74) is 7.72. The lowest BCUT2D eigenvalue weighted by Gasteiger charge is -2.36. The van der Waals surface area contributed by atoms with E-state index in [1.807, 2.05) is 52.0 Å². The Morgan fingerprint density at radius 3 is 2.33 bits per heavy atom. The molecule has 2 heterocycles. The third-order valence-corrected chi connectivity index (χ3v) is 6.43. The SMILES string of the molecule is C=CC(=O)Nc1cccc(Oc2nc(Nc3ccc(N4CCN(C(=O)OC(C)(C)C)CC4)cc3)c(C(N)=O)nc2CC)c1. The highest BCUT2D eigenvalue weighted by atomic mass is 16.6. The number of nitrogens with zero attached hydrogens (tertiary/aromatic N) is 4. The van der Waals surface area contributed by atoms with Crippen molar-refractivity contribution in [2.24, 2.45) is 5.73 Å². The van der Waals surface area contributed by atoms with E-state index in [9.17, 15) is 14.4 Å². The minimum atomic E-state index is -0.732. The molecule has 4 rings (SSSR count). The van der Waals surface area contributed by atoms with E-state index in [0.29, 0.717) is 55.4 Å². The van der Waals surface area contributed by atoms with Gasteiger partial charge in [-0.15, -0.1) is 0 Å². The van der Waals surface area contributed by atoms with Crippen LogP contribution in [-0.2, 0) is 16.0 Å². The molecule has 0 bridgehead atoms. The van der Waals surface area contributed by atoms with Crippen molar-refractivity contribution in [1.29, 1.82) is 0 Å². The third kappa shape index (κ3) is 8.22. The van der Waals surface area contributed by atoms with E-state index in [2.05, 4.69) is 32.1 Å². The standard InChI is InChI=1S/C31H37N7O5/c1-6-24-29(42-23-10-8-9-21(19-23)33-25(39)7-2)36-28(26(35-24)27(32)40)34-20-11-13-22(14-12-20)37-15-17-38(18-16-37)30(41)43-31(3,4)5/h7-14,19H,2,6,15-18H2,1,3-5H3,(H2,32,40)(H,33,39)(H,34,36). The summed E-state index contributed by atoms with van der Waals surface area (Å²) >= 11 is 0. The molecule has 1 aliphatic rings. The number of rotatable bonds is 9. The second-order valence-corrected chi connectivity index (χ2v) is 10.8. The molecule has 12 heteroatoms. The Hall–Kier alpha value is -5.13. The largest absolute Gasteiger partial charge is 0.444 e. The van der Waals surface area contributed by atoms with Crippen molar-refractivity contribution < 1.29 is 23.9 Å². The Morgan fingerprint density at radius 1 is 1.02 bits per heavy atom. The Labute approximate surface area is 250 Å². The van der Waals surface area contributed by atoms with Crippen molar-refractivity contribution in [3.8, 4) is 11.6 Å². The van der Waals surface area contributed by atoms with E-state index >= 15 is 0 Å². The molecule has 1 saturated heterocycles. The Bertz CT molecular complexity index is 1490. The molecule has 0 saturated carbocycles. The number of carbonyl (C=O) groups is 3. The highest BCUT2D eigenvalue weighted by Gasteiger charge is 2.26. The summed E-state index contributed by atoms with van der Waals surface area (Å²) in [7, 11) is 0. The zero-order valence-electron chi connectivity index (χ0n) is 24.8. The highest BCUT2D eigenvalue weighted by molar-refractivity contribution is 5.99. The summed E-state index contributed by atoms with van der Waals surface area (Å²) in [6.07, 6.45) is 1.31. The molecule has 0 atom stereocenters. The predicted molar refractivity (Wildman–Crippen MR) is 165 cm³/mol. The monoisotopic (exact) mass is 587 g/mol. The number of hydrogen-bond acceptors (Lipinski definition) is 9. The van der Waals surface area contributed by atoms with Gasteiger partial charge in [0.25, 0.3) is 5.91 Å². The van der Waals surface area contributed by atoms with Gasteiger partial charge >= 0.3 is 6.09 Å². The van der Waals surface area contributed by atoms with Gasteiger partial charge in [0.05, 0.1) is 0 Å². The summed E-state index contributed by atoms with van der Waals surface area (Å²) in [6, 6.07) is 14.4. The normalized spacial score (nSPS) is 13.2. The van der Waals surface area contributed by atoms with Crippen LogP contribution in [0.25, 0.3) is 0 Å². The van der Waals surface area contributed by atoms with Crippen LogP contribution in [0.4, 0.5) is 27.7 Å². The summed E-state index contributed by atoms with van der Waals surface area (Å²) in [5.74, 6) is -0.321. The molecule has 3 amide bonds. The first-order chi connectivity index (χ1) is 20.5. The van der Waals surface area contributed by atoms with Crippen LogP contribution in [0.5, 0.6) is 11.6 Å². The van der Waals surface area contributed by atoms with Crippen LogP contribution >= 0.6 is 0 Å². The number of ether oxygens (including phenoxy) is 2. The maximum absolute atomic E-state index is 12.4. The molecule has 1 aromatic heterocycles. The molecule has 2 aromatic carbocycles. The van der Waals surface area contributed by atoms with Gasteiger partial charge in [-0.2, -0.15) is 4.98 Å². The number of aromatic nitrogens is 2. The molecule has 1 fully saturated rings. The number of primary amides is 1. The average Bonchev–Trinajstić information content (AvgIpc) is 2.97. The summed E-state index contributed by atoms with van der Waals surface area (Å²) < 4.78 is 11.5. The quantitative estimate of drug-likeness (QED) is 0.298. The van der Waals surface area contributed by atoms with Gasteiger partial charge in [-0.1, -0.05) is 19.6 Å². The lowest BCUT2D eigenvalue weighted by molar-refractivity contribution is -0.111. The molecule has 1 aliphatic heterocycles. The molecule has 0 spiro atoms.